The standard InChI is InChI=1S/C19H21ClN6/c1-15-3-4-17(26-8-2-7-21-26)16(13-15)14-24-9-11-25(12-10-24)19-6-5-18(20)22-23-19/h2-8,13H,9-12,14H2,1H3. The third-order valence-electron chi connectivity index (χ3n) is 4.69. The van der Waals surface area contributed by atoms with Crippen LogP contribution in [0.2, 0.25) is 5.15 Å². The first kappa shape index (κ1) is 17.0. The first-order chi connectivity index (χ1) is 12.7. The molecule has 26 heavy (non-hydrogen) atoms. The number of halogens is 1. The van der Waals surface area contributed by atoms with Gasteiger partial charge in [-0.2, -0.15) is 5.10 Å². The predicted octanol–water partition coefficient (Wildman–Crippen LogP) is 2.95. The Labute approximate surface area is 158 Å². The smallest absolute Gasteiger partial charge is 0.151 e. The van der Waals surface area contributed by atoms with Crippen LogP contribution in [-0.2, 0) is 6.54 Å². The maximum Gasteiger partial charge on any atom is 0.151 e. The maximum atomic E-state index is 5.83. The van der Waals surface area contributed by atoms with Crippen LogP contribution in [0.3, 0.4) is 0 Å². The van der Waals surface area contributed by atoms with Crippen molar-refractivity contribution in [2.45, 2.75) is 13.5 Å². The second-order valence-corrected chi connectivity index (χ2v) is 6.95. The quantitative estimate of drug-likeness (QED) is 0.708. The van der Waals surface area contributed by atoms with Gasteiger partial charge in [0.15, 0.2) is 11.0 Å². The van der Waals surface area contributed by atoms with Gasteiger partial charge >= 0.3 is 0 Å². The molecule has 3 aromatic rings. The highest BCUT2D eigenvalue weighted by Gasteiger charge is 2.19. The second kappa shape index (κ2) is 7.43. The average molecular weight is 369 g/mol. The number of aryl methyl sites for hydroxylation is 1. The monoisotopic (exact) mass is 368 g/mol. The topological polar surface area (TPSA) is 50.1 Å². The molecule has 7 heteroatoms. The first-order valence-electron chi connectivity index (χ1n) is 8.75. The van der Waals surface area contributed by atoms with Crippen molar-refractivity contribution in [1.82, 2.24) is 24.9 Å². The van der Waals surface area contributed by atoms with Crippen molar-refractivity contribution < 1.29 is 0 Å². The van der Waals surface area contributed by atoms with E-state index in [1.165, 1.54) is 11.1 Å². The predicted molar refractivity (Wildman–Crippen MR) is 103 cm³/mol. The number of hydrogen-bond acceptors (Lipinski definition) is 5. The molecule has 1 saturated heterocycles. The highest BCUT2D eigenvalue weighted by Crippen LogP contribution is 2.20. The number of nitrogens with zero attached hydrogens (tertiary/aromatic N) is 6. The molecule has 1 fully saturated rings. The van der Waals surface area contributed by atoms with Gasteiger partial charge < -0.3 is 4.90 Å². The van der Waals surface area contributed by atoms with Gasteiger partial charge in [0.2, 0.25) is 0 Å². The lowest BCUT2D eigenvalue weighted by molar-refractivity contribution is 0.249. The van der Waals surface area contributed by atoms with Gasteiger partial charge in [-0.15, -0.1) is 10.2 Å². The van der Waals surface area contributed by atoms with Crippen molar-refractivity contribution in [3.63, 3.8) is 0 Å². The lowest BCUT2D eigenvalue weighted by Gasteiger charge is -2.35. The Kier molecular flexibility index (Phi) is 4.86. The second-order valence-electron chi connectivity index (χ2n) is 6.56. The van der Waals surface area contributed by atoms with Crippen LogP contribution in [0.25, 0.3) is 5.69 Å². The molecule has 0 aliphatic carbocycles. The van der Waals surface area contributed by atoms with Gasteiger partial charge in [-0.3, -0.25) is 4.90 Å². The average Bonchev–Trinajstić information content (AvgIpc) is 3.18. The van der Waals surface area contributed by atoms with Crippen molar-refractivity contribution in [1.29, 1.82) is 0 Å². The Hall–Kier alpha value is -2.44. The van der Waals surface area contributed by atoms with Crippen LogP contribution in [0.15, 0.2) is 48.8 Å². The van der Waals surface area contributed by atoms with E-state index in [0.717, 1.165) is 44.2 Å². The molecule has 0 atom stereocenters. The minimum atomic E-state index is 0.429. The maximum absolute atomic E-state index is 5.83. The van der Waals surface area contributed by atoms with E-state index in [9.17, 15) is 0 Å². The molecule has 2 aromatic heterocycles. The molecular weight excluding hydrogens is 348 g/mol. The lowest BCUT2D eigenvalue weighted by atomic mass is 10.1. The fourth-order valence-electron chi connectivity index (χ4n) is 3.33. The Morgan fingerprint density at radius 1 is 1.04 bits per heavy atom. The van der Waals surface area contributed by atoms with Crippen LogP contribution in [0.1, 0.15) is 11.1 Å². The van der Waals surface area contributed by atoms with E-state index in [1.807, 2.05) is 29.2 Å². The van der Waals surface area contributed by atoms with E-state index in [2.05, 4.69) is 50.2 Å². The van der Waals surface area contributed by atoms with Crippen LogP contribution in [0.5, 0.6) is 0 Å². The molecule has 0 N–H and O–H groups in total. The molecule has 0 unspecified atom stereocenters. The van der Waals surface area contributed by atoms with E-state index in [4.69, 9.17) is 11.6 Å². The molecule has 1 aromatic carbocycles. The molecular formula is C19H21ClN6. The minimum Gasteiger partial charge on any atom is -0.353 e. The van der Waals surface area contributed by atoms with E-state index in [-0.39, 0.29) is 0 Å². The molecule has 0 bridgehead atoms. The molecule has 3 heterocycles. The van der Waals surface area contributed by atoms with Crippen LogP contribution in [0.4, 0.5) is 5.82 Å². The van der Waals surface area contributed by atoms with Gasteiger partial charge in [-0.1, -0.05) is 29.3 Å². The molecule has 0 amide bonds. The number of benzene rings is 1. The number of hydrogen-bond donors (Lipinski definition) is 0. The van der Waals surface area contributed by atoms with Crippen LogP contribution >= 0.6 is 11.6 Å². The molecule has 0 spiro atoms. The van der Waals surface area contributed by atoms with Crippen LogP contribution in [-0.4, -0.2) is 51.1 Å². The lowest BCUT2D eigenvalue weighted by Crippen LogP contribution is -2.46. The van der Waals surface area contributed by atoms with Crippen molar-refractivity contribution >= 4 is 17.4 Å². The molecule has 1 aliphatic heterocycles. The number of aromatic nitrogens is 4. The van der Waals surface area contributed by atoms with Crippen molar-refractivity contribution in [2.24, 2.45) is 0 Å². The van der Waals surface area contributed by atoms with E-state index in [0.29, 0.717) is 5.15 Å². The Morgan fingerprint density at radius 3 is 2.58 bits per heavy atom. The third kappa shape index (κ3) is 3.71. The number of rotatable bonds is 4. The molecule has 4 rings (SSSR count). The van der Waals surface area contributed by atoms with Gasteiger partial charge in [0, 0.05) is 45.1 Å². The summed E-state index contributed by atoms with van der Waals surface area (Å²) >= 11 is 5.83. The fraction of sp³-hybridized carbons (Fsp3) is 0.316. The Morgan fingerprint density at radius 2 is 1.88 bits per heavy atom. The van der Waals surface area contributed by atoms with Gasteiger partial charge in [0.05, 0.1) is 5.69 Å². The zero-order valence-corrected chi connectivity index (χ0v) is 15.5. The summed E-state index contributed by atoms with van der Waals surface area (Å²) in [5.41, 5.74) is 3.71. The van der Waals surface area contributed by atoms with E-state index in [1.54, 1.807) is 6.07 Å². The highest BCUT2D eigenvalue weighted by molar-refractivity contribution is 6.29. The third-order valence-corrected chi connectivity index (χ3v) is 4.90. The Bertz CT molecular complexity index is 854. The molecule has 0 saturated carbocycles. The largest absolute Gasteiger partial charge is 0.353 e. The summed E-state index contributed by atoms with van der Waals surface area (Å²) < 4.78 is 1.94. The number of piperazine rings is 1. The van der Waals surface area contributed by atoms with Crippen LogP contribution < -0.4 is 4.90 Å². The minimum absolute atomic E-state index is 0.429. The summed E-state index contributed by atoms with van der Waals surface area (Å²) in [4.78, 5) is 4.73. The summed E-state index contributed by atoms with van der Waals surface area (Å²) in [6.45, 7) is 6.87. The van der Waals surface area contributed by atoms with Gasteiger partial charge in [-0.25, -0.2) is 4.68 Å². The van der Waals surface area contributed by atoms with Crippen molar-refractivity contribution in [3.8, 4) is 5.69 Å². The summed E-state index contributed by atoms with van der Waals surface area (Å²) in [5.74, 6) is 0.891. The van der Waals surface area contributed by atoms with E-state index < -0.39 is 0 Å². The fourth-order valence-corrected chi connectivity index (χ4v) is 3.43. The summed E-state index contributed by atoms with van der Waals surface area (Å²) in [5, 5.41) is 12.9. The molecule has 134 valence electrons. The van der Waals surface area contributed by atoms with E-state index >= 15 is 0 Å². The molecule has 0 radical (unpaired) electrons. The molecule has 1 aliphatic rings. The SMILES string of the molecule is Cc1ccc(-n2cccn2)c(CN2CCN(c3ccc(Cl)nn3)CC2)c1. The Balaban J connectivity index is 1.45. The summed E-state index contributed by atoms with van der Waals surface area (Å²) in [6, 6.07) is 12.2. The number of anilines is 1. The van der Waals surface area contributed by atoms with Crippen molar-refractivity contribution in [2.75, 3.05) is 31.1 Å². The first-order valence-corrected chi connectivity index (χ1v) is 9.13. The summed E-state index contributed by atoms with van der Waals surface area (Å²) in [7, 11) is 0. The van der Waals surface area contributed by atoms with Crippen LogP contribution in [0, 0.1) is 6.92 Å². The molecule has 6 nitrogen and oxygen atoms in total. The zero-order chi connectivity index (χ0) is 17.9. The normalized spacial score (nSPS) is 15.4. The van der Waals surface area contributed by atoms with Gasteiger partial charge in [0.1, 0.15) is 0 Å². The van der Waals surface area contributed by atoms with Gasteiger partial charge in [0.25, 0.3) is 0 Å². The highest BCUT2D eigenvalue weighted by atomic mass is 35.5. The summed E-state index contributed by atoms with van der Waals surface area (Å²) in [6.07, 6.45) is 3.81. The zero-order valence-electron chi connectivity index (χ0n) is 14.7. The van der Waals surface area contributed by atoms with Gasteiger partial charge in [-0.05, 0) is 36.8 Å². The van der Waals surface area contributed by atoms with Crippen molar-refractivity contribution in [3.05, 3.63) is 65.1 Å².